The van der Waals surface area contributed by atoms with E-state index in [9.17, 15) is 4.79 Å². The maximum absolute atomic E-state index is 13.6. The first-order valence-corrected chi connectivity index (χ1v) is 11.9. The molecule has 33 heavy (non-hydrogen) atoms. The molecular weight excluding hydrogens is 432 g/mol. The Hall–Kier alpha value is -3.58. The number of aryl methyl sites for hydroxylation is 1. The number of benzene rings is 2. The fourth-order valence-electron chi connectivity index (χ4n) is 4.23. The first-order chi connectivity index (χ1) is 16.1. The Balaban J connectivity index is 1.42. The summed E-state index contributed by atoms with van der Waals surface area (Å²) in [7, 11) is 1.64. The number of carbonyl (C=O) groups excluding carboxylic acids is 1. The van der Waals surface area contributed by atoms with Crippen molar-refractivity contribution in [1.29, 1.82) is 0 Å². The van der Waals surface area contributed by atoms with E-state index >= 15 is 0 Å². The number of hydrogen-bond acceptors (Lipinski definition) is 5. The number of amides is 1. The zero-order valence-electron chi connectivity index (χ0n) is 18.8. The second-order valence-electron chi connectivity index (χ2n) is 8.07. The Labute approximate surface area is 197 Å². The van der Waals surface area contributed by atoms with Crippen LogP contribution in [-0.2, 0) is 0 Å². The van der Waals surface area contributed by atoms with Gasteiger partial charge in [-0.05, 0) is 60.3 Å². The number of anilines is 1. The standard InChI is InChI=1S/C26H26N4O2S/c1-19-6-3-4-7-23(19)28-13-15-29(16-14-28)26(31)24-18-22(25-8-5-17-33-25)27-30(24)20-9-11-21(32-2)12-10-20/h3-12,17-18H,13-16H2,1-2H3. The van der Waals surface area contributed by atoms with Crippen molar-refractivity contribution in [1.82, 2.24) is 14.7 Å². The summed E-state index contributed by atoms with van der Waals surface area (Å²) in [6, 6.07) is 22.0. The molecule has 0 aliphatic carbocycles. The number of ether oxygens (including phenoxy) is 1. The Morgan fingerprint density at radius 1 is 0.970 bits per heavy atom. The van der Waals surface area contributed by atoms with Crippen LogP contribution < -0.4 is 9.64 Å². The summed E-state index contributed by atoms with van der Waals surface area (Å²) in [5.41, 5.74) is 4.72. The van der Waals surface area contributed by atoms with E-state index in [-0.39, 0.29) is 5.91 Å². The molecule has 0 unspecified atom stereocenters. The van der Waals surface area contributed by atoms with E-state index in [1.54, 1.807) is 23.1 Å². The molecule has 1 aliphatic heterocycles. The molecule has 0 N–H and O–H groups in total. The number of rotatable bonds is 5. The van der Waals surface area contributed by atoms with Gasteiger partial charge in [-0.3, -0.25) is 4.79 Å². The first-order valence-electron chi connectivity index (χ1n) is 11.0. The lowest BCUT2D eigenvalue weighted by Gasteiger charge is -2.36. The fourth-order valence-corrected chi connectivity index (χ4v) is 4.91. The van der Waals surface area contributed by atoms with Crippen molar-refractivity contribution in [3.63, 3.8) is 0 Å². The van der Waals surface area contributed by atoms with Crippen LogP contribution in [0.2, 0.25) is 0 Å². The van der Waals surface area contributed by atoms with Gasteiger partial charge >= 0.3 is 0 Å². The van der Waals surface area contributed by atoms with Crippen LogP contribution in [0.15, 0.2) is 72.1 Å². The van der Waals surface area contributed by atoms with E-state index in [4.69, 9.17) is 9.84 Å². The molecule has 4 aromatic rings. The van der Waals surface area contributed by atoms with E-state index in [1.807, 2.05) is 52.7 Å². The Morgan fingerprint density at radius 3 is 2.39 bits per heavy atom. The predicted molar refractivity (Wildman–Crippen MR) is 133 cm³/mol. The minimum absolute atomic E-state index is 0.00515. The average molecular weight is 459 g/mol. The van der Waals surface area contributed by atoms with Crippen molar-refractivity contribution >= 4 is 22.9 Å². The molecule has 168 valence electrons. The average Bonchev–Trinajstić information content (AvgIpc) is 3.55. The van der Waals surface area contributed by atoms with E-state index in [0.29, 0.717) is 18.8 Å². The zero-order valence-corrected chi connectivity index (χ0v) is 19.6. The maximum Gasteiger partial charge on any atom is 0.272 e. The number of carbonyl (C=O) groups is 1. The van der Waals surface area contributed by atoms with E-state index < -0.39 is 0 Å². The number of nitrogens with zero attached hydrogens (tertiary/aromatic N) is 4. The van der Waals surface area contributed by atoms with Gasteiger partial charge in [0.2, 0.25) is 0 Å². The van der Waals surface area contributed by atoms with Gasteiger partial charge in [0.15, 0.2) is 0 Å². The molecule has 0 saturated carbocycles. The molecule has 1 aliphatic rings. The van der Waals surface area contributed by atoms with Gasteiger partial charge in [0.05, 0.1) is 17.7 Å². The van der Waals surface area contributed by atoms with Gasteiger partial charge < -0.3 is 14.5 Å². The van der Waals surface area contributed by atoms with Gasteiger partial charge in [-0.25, -0.2) is 4.68 Å². The molecule has 1 fully saturated rings. The quantitative estimate of drug-likeness (QED) is 0.428. The molecule has 3 heterocycles. The number of methoxy groups -OCH3 is 1. The predicted octanol–water partition coefficient (Wildman–Crippen LogP) is 4.88. The van der Waals surface area contributed by atoms with Crippen molar-refractivity contribution in [3.05, 3.63) is 83.4 Å². The van der Waals surface area contributed by atoms with Crippen LogP contribution in [0.1, 0.15) is 16.1 Å². The molecule has 0 bridgehead atoms. The monoisotopic (exact) mass is 458 g/mol. The van der Waals surface area contributed by atoms with Crippen molar-refractivity contribution in [2.24, 2.45) is 0 Å². The third-order valence-corrected chi connectivity index (χ3v) is 6.93. The van der Waals surface area contributed by atoms with Gasteiger partial charge in [0, 0.05) is 31.9 Å². The number of thiophene rings is 1. The second-order valence-corrected chi connectivity index (χ2v) is 9.02. The molecule has 2 aromatic carbocycles. The summed E-state index contributed by atoms with van der Waals surface area (Å²) in [6.07, 6.45) is 0. The van der Waals surface area contributed by atoms with Crippen LogP contribution in [0.3, 0.4) is 0 Å². The number of piperazine rings is 1. The number of hydrogen-bond donors (Lipinski definition) is 0. The topological polar surface area (TPSA) is 50.6 Å². The maximum atomic E-state index is 13.6. The molecule has 0 radical (unpaired) electrons. The third-order valence-electron chi connectivity index (χ3n) is 6.04. The summed E-state index contributed by atoms with van der Waals surface area (Å²) in [5.74, 6) is 0.773. The summed E-state index contributed by atoms with van der Waals surface area (Å²) in [5, 5.41) is 6.82. The van der Waals surface area contributed by atoms with Crippen LogP contribution in [0.25, 0.3) is 16.3 Å². The van der Waals surface area contributed by atoms with Gasteiger partial charge in [0.25, 0.3) is 5.91 Å². The summed E-state index contributed by atoms with van der Waals surface area (Å²) >= 11 is 1.62. The van der Waals surface area contributed by atoms with Crippen LogP contribution in [-0.4, -0.2) is 53.9 Å². The van der Waals surface area contributed by atoms with Crippen molar-refractivity contribution < 1.29 is 9.53 Å². The van der Waals surface area contributed by atoms with E-state index in [0.717, 1.165) is 35.1 Å². The smallest absolute Gasteiger partial charge is 0.272 e. The molecule has 7 heteroatoms. The Kier molecular flexibility index (Phi) is 5.88. The normalized spacial score (nSPS) is 13.9. The van der Waals surface area contributed by atoms with Gasteiger partial charge in [0.1, 0.15) is 17.1 Å². The first kappa shape index (κ1) is 21.3. The molecule has 0 spiro atoms. The highest BCUT2D eigenvalue weighted by molar-refractivity contribution is 7.13. The largest absolute Gasteiger partial charge is 0.497 e. The zero-order chi connectivity index (χ0) is 22.8. The second kappa shape index (κ2) is 9.11. The van der Waals surface area contributed by atoms with E-state index in [1.165, 1.54) is 11.3 Å². The molecule has 2 aromatic heterocycles. The Morgan fingerprint density at radius 2 is 1.73 bits per heavy atom. The Bertz CT molecular complexity index is 1240. The molecule has 5 rings (SSSR count). The number of aromatic nitrogens is 2. The van der Waals surface area contributed by atoms with Crippen LogP contribution >= 0.6 is 11.3 Å². The molecule has 1 amide bonds. The minimum Gasteiger partial charge on any atom is -0.497 e. The summed E-state index contributed by atoms with van der Waals surface area (Å²) in [4.78, 5) is 19.0. The van der Waals surface area contributed by atoms with Crippen molar-refractivity contribution in [2.45, 2.75) is 6.92 Å². The summed E-state index contributed by atoms with van der Waals surface area (Å²) in [6.45, 7) is 5.10. The van der Waals surface area contributed by atoms with Crippen LogP contribution in [0, 0.1) is 6.92 Å². The molecule has 1 saturated heterocycles. The van der Waals surface area contributed by atoms with Crippen molar-refractivity contribution in [3.8, 4) is 22.0 Å². The van der Waals surface area contributed by atoms with Gasteiger partial charge in [-0.2, -0.15) is 5.10 Å². The highest BCUT2D eigenvalue weighted by Gasteiger charge is 2.27. The molecule has 6 nitrogen and oxygen atoms in total. The molecule has 0 atom stereocenters. The van der Waals surface area contributed by atoms with Crippen molar-refractivity contribution in [2.75, 3.05) is 38.2 Å². The summed E-state index contributed by atoms with van der Waals surface area (Å²) < 4.78 is 7.04. The van der Waals surface area contributed by atoms with Gasteiger partial charge in [-0.15, -0.1) is 11.3 Å². The minimum atomic E-state index is 0.00515. The lowest BCUT2D eigenvalue weighted by molar-refractivity contribution is 0.0737. The lowest BCUT2D eigenvalue weighted by atomic mass is 10.1. The van der Waals surface area contributed by atoms with E-state index in [2.05, 4.69) is 36.1 Å². The van der Waals surface area contributed by atoms with Crippen LogP contribution in [0.5, 0.6) is 5.75 Å². The third kappa shape index (κ3) is 4.24. The SMILES string of the molecule is COc1ccc(-n2nc(-c3cccs3)cc2C(=O)N2CCN(c3ccccc3C)CC2)cc1. The van der Waals surface area contributed by atoms with Crippen LogP contribution in [0.4, 0.5) is 5.69 Å². The highest BCUT2D eigenvalue weighted by atomic mass is 32.1. The van der Waals surface area contributed by atoms with Gasteiger partial charge in [-0.1, -0.05) is 24.3 Å². The molecular formula is C26H26N4O2S. The lowest BCUT2D eigenvalue weighted by Crippen LogP contribution is -2.49. The highest BCUT2D eigenvalue weighted by Crippen LogP contribution is 2.28. The fraction of sp³-hybridized carbons (Fsp3) is 0.231. The number of para-hydroxylation sites is 1.